The number of carbonyl (C=O) groups excluding carboxylic acids is 1. The average molecular weight is 367 g/mol. The van der Waals surface area contributed by atoms with Crippen LogP contribution < -0.4 is 10.1 Å². The van der Waals surface area contributed by atoms with Crippen LogP contribution >= 0.6 is 11.3 Å². The van der Waals surface area contributed by atoms with Crippen LogP contribution in [0.3, 0.4) is 0 Å². The van der Waals surface area contributed by atoms with Crippen LogP contribution in [0.1, 0.15) is 23.6 Å². The third-order valence-electron chi connectivity index (χ3n) is 4.11. The van der Waals surface area contributed by atoms with E-state index in [9.17, 15) is 4.79 Å². The molecule has 2 aromatic carbocycles. The highest BCUT2D eigenvalue weighted by molar-refractivity contribution is 7.18. The molecular formula is C20H21N3O2S. The van der Waals surface area contributed by atoms with Crippen LogP contribution in [0.4, 0.5) is 5.13 Å². The highest BCUT2D eigenvalue weighted by Crippen LogP contribution is 2.26. The van der Waals surface area contributed by atoms with Gasteiger partial charge in [0.1, 0.15) is 10.8 Å². The maximum atomic E-state index is 12.4. The Labute approximate surface area is 157 Å². The molecule has 1 N–H and O–H groups in total. The van der Waals surface area contributed by atoms with Crippen molar-refractivity contribution < 1.29 is 9.53 Å². The largest absolute Gasteiger partial charge is 0.481 e. The summed E-state index contributed by atoms with van der Waals surface area (Å²) >= 11 is 1.34. The molecule has 1 aromatic heterocycles. The zero-order valence-corrected chi connectivity index (χ0v) is 16.1. The standard InChI is InChI=1S/C20H21N3O2S/c1-12-5-8-16(9-6-12)19-22-23-20(26-19)21-18(24)15(4)25-17-10-7-13(2)14(3)11-17/h5-11,15H,1-4H3,(H,21,23,24)/t15-/m0/s1. The maximum absolute atomic E-state index is 12.4. The molecule has 0 saturated heterocycles. The summed E-state index contributed by atoms with van der Waals surface area (Å²) in [6.07, 6.45) is -0.635. The smallest absolute Gasteiger partial charge is 0.266 e. The van der Waals surface area contributed by atoms with E-state index >= 15 is 0 Å². The molecule has 0 radical (unpaired) electrons. The quantitative estimate of drug-likeness (QED) is 0.719. The van der Waals surface area contributed by atoms with Crippen molar-refractivity contribution in [1.82, 2.24) is 10.2 Å². The summed E-state index contributed by atoms with van der Waals surface area (Å²) in [5, 5.41) is 12.2. The minimum absolute atomic E-state index is 0.255. The molecule has 0 aliphatic heterocycles. The molecule has 0 aliphatic rings. The Morgan fingerprint density at radius 3 is 2.46 bits per heavy atom. The first kappa shape index (κ1) is 18.1. The molecule has 1 heterocycles. The third kappa shape index (κ3) is 4.26. The van der Waals surface area contributed by atoms with Crippen LogP contribution in [0.15, 0.2) is 42.5 Å². The SMILES string of the molecule is Cc1ccc(-c2nnc(NC(=O)[C@H](C)Oc3ccc(C)c(C)c3)s2)cc1. The lowest BCUT2D eigenvalue weighted by molar-refractivity contribution is -0.122. The van der Waals surface area contributed by atoms with Crippen molar-refractivity contribution in [3.05, 3.63) is 59.2 Å². The minimum Gasteiger partial charge on any atom is -0.481 e. The van der Waals surface area contributed by atoms with Crippen LogP contribution in [0.25, 0.3) is 10.6 Å². The second kappa shape index (κ2) is 7.66. The molecule has 26 heavy (non-hydrogen) atoms. The van der Waals surface area contributed by atoms with Gasteiger partial charge in [0.15, 0.2) is 6.10 Å². The number of hydrogen-bond donors (Lipinski definition) is 1. The van der Waals surface area contributed by atoms with Crippen molar-refractivity contribution in [2.24, 2.45) is 0 Å². The molecule has 3 aromatic rings. The number of nitrogens with zero attached hydrogens (tertiary/aromatic N) is 2. The molecule has 0 bridgehead atoms. The fourth-order valence-corrected chi connectivity index (χ4v) is 3.09. The van der Waals surface area contributed by atoms with Crippen molar-refractivity contribution in [2.45, 2.75) is 33.8 Å². The maximum Gasteiger partial charge on any atom is 0.266 e. The number of ether oxygens (including phenoxy) is 1. The summed E-state index contributed by atoms with van der Waals surface area (Å²) in [6, 6.07) is 13.8. The monoisotopic (exact) mass is 367 g/mol. The number of aromatic nitrogens is 2. The van der Waals surface area contributed by atoms with E-state index in [4.69, 9.17) is 4.74 Å². The van der Waals surface area contributed by atoms with E-state index < -0.39 is 6.10 Å². The molecule has 134 valence electrons. The van der Waals surface area contributed by atoms with Gasteiger partial charge in [0, 0.05) is 5.56 Å². The zero-order valence-electron chi connectivity index (χ0n) is 15.2. The molecule has 0 aliphatic carbocycles. The van der Waals surface area contributed by atoms with E-state index in [0.29, 0.717) is 10.9 Å². The summed E-state index contributed by atoms with van der Waals surface area (Å²) < 4.78 is 5.73. The number of anilines is 1. The molecule has 6 heteroatoms. The van der Waals surface area contributed by atoms with Gasteiger partial charge in [0.05, 0.1) is 0 Å². The predicted octanol–water partition coefficient (Wildman–Crippen LogP) is 4.54. The average Bonchev–Trinajstić information content (AvgIpc) is 3.07. The fraction of sp³-hybridized carbons (Fsp3) is 0.250. The Morgan fingerprint density at radius 2 is 1.77 bits per heavy atom. The molecule has 3 rings (SSSR count). The van der Waals surface area contributed by atoms with E-state index in [1.807, 2.05) is 63.2 Å². The lowest BCUT2D eigenvalue weighted by Gasteiger charge is -2.14. The highest BCUT2D eigenvalue weighted by atomic mass is 32.1. The van der Waals surface area contributed by atoms with Gasteiger partial charge < -0.3 is 4.74 Å². The number of amides is 1. The van der Waals surface area contributed by atoms with Gasteiger partial charge in [0.2, 0.25) is 5.13 Å². The van der Waals surface area contributed by atoms with Crippen molar-refractivity contribution in [3.8, 4) is 16.3 Å². The number of benzene rings is 2. The Balaban J connectivity index is 1.64. The molecule has 0 unspecified atom stereocenters. The summed E-state index contributed by atoms with van der Waals surface area (Å²) in [5.74, 6) is 0.420. The predicted molar refractivity (Wildman–Crippen MR) is 105 cm³/mol. The summed E-state index contributed by atoms with van der Waals surface area (Å²) in [7, 11) is 0. The number of rotatable bonds is 5. The van der Waals surface area contributed by atoms with Gasteiger partial charge in [-0.1, -0.05) is 47.2 Å². The van der Waals surface area contributed by atoms with Crippen molar-refractivity contribution in [2.75, 3.05) is 5.32 Å². The lowest BCUT2D eigenvalue weighted by atomic mass is 10.1. The van der Waals surface area contributed by atoms with Crippen LogP contribution in [0, 0.1) is 20.8 Å². The van der Waals surface area contributed by atoms with Gasteiger partial charge in [-0.25, -0.2) is 0 Å². The molecule has 0 spiro atoms. The van der Waals surface area contributed by atoms with E-state index in [2.05, 4.69) is 15.5 Å². The Bertz CT molecular complexity index is 919. The third-order valence-corrected chi connectivity index (χ3v) is 5.00. The second-order valence-electron chi connectivity index (χ2n) is 6.27. The van der Waals surface area contributed by atoms with E-state index in [1.54, 1.807) is 6.92 Å². The zero-order chi connectivity index (χ0) is 18.7. The molecule has 5 nitrogen and oxygen atoms in total. The first-order valence-electron chi connectivity index (χ1n) is 8.37. The van der Waals surface area contributed by atoms with Crippen molar-refractivity contribution in [3.63, 3.8) is 0 Å². The number of hydrogen-bond acceptors (Lipinski definition) is 5. The molecular weight excluding hydrogens is 346 g/mol. The van der Waals surface area contributed by atoms with Gasteiger partial charge >= 0.3 is 0 Å². The van der Waals surface area contributed by atoms with Crippen LogP contribution in [0.2, 0.25) is 0 Å². The van der Waals surface area contributed by atoms with Gasteiger partial charge in [-0.2, -0.15) is 0 Å². The summed E-state index contributed by atoms with van der Waals surface area (Å²) in [5.41, 5.74) is 4.48. The Morgan fingerprint density at radius 1 is 1.04 bits per heavy atom. The Kier molecular flexibility index (Phi) is 5.32. The number of nitrogens with one attached hydrogen (secondary N) is 1. The molecule has 0 fully saturated rings. The Hall–Kier alpha value is -2.73. The second-order valence-corrected chi connectivity index (χ2v) is 7.25. The first-order valence-corrected chi connectivity index (χ1v) is 9.19. The summed E-state index contributed by atoms with van der Waals surface area (Å²) in [4.78, 5) is 12.4. The number of aryl methyl sites for hydroxylation is 3. The van der Waals surface area contributed by atoms with Gasteiger partial charge in [-0.3, -0.25) is 10.1 Å². The van der Waals surface area contributed by atoms with Gasteiger partial charge in [0.25, 0.3) is 5.91 Å². The van der Waals surface area contributed by atoms with E-state index in [0.717, 1.165) is 16.1 Å². The van der Waals surface area contributed by atoms with Gasteiger partial charge in [-0.05, 0) is 51.0 Å². The minimum atomic E-state index is -0.635. The number of carbonyl (C=O) groups is 1. The summed E-state index contributed by atoms with van der Waals surface area (Å²) in [6.45, 7) is 7.80. The van der Waals surface area contributed by atoms with Crippen LogP contribution in [-0.4, -0.2) is 22.2 Å². The van der Waals surface area contributed by atoms with E-state index in [1.165, 1.54) is 22.5 Å². The molecule has 1 atom stereocenters. The molecule has 0 saturated carbocycles. The van der Waals surface area contributed by atoms with Crippen LogP contribution in [0.5, 0.6) is 5.75 Å². The topological polar surface area (TPSA) is 64.1 Å². The van der Waals surface area contributed by atoms with Gasteiger partial charge in [-0.15, -0.1) is 10.2 Å². The normalized spacial score (nSPS) is 11.8. The highest BCUT2D eigenvalue weighted by Gasteiger charge is 2.17. The lowest BCUT2D eigenvalue weighted by Crippen LogP contribution is -2.30. The van der Waals surface area contributed by atoms with Crippen molar-refractivity contribution in [1.29, 1.82) is 0 Å². The van der Waals surface area contributed by atoms with Crippen LogP contribution in [-0.2, 0) is 4.79 Å². The van der Waals surface area contributed by atoms with Crippen molar-refractivity contribution >= 4 is 22.4 Å². The fourth-order valence-electron chi connectivity index (χ4n) is 2.34. The van der Waals surface area contributed by atoms with E-state index in [-0.39, 0.29) is 5.91 Å². The first-order chi connectivity index (χ1) is 12.4. The molecule has 1 amide bonds.